The van der Waals surface area contributed by atoms with E-state index in [2.05, 4.69) is 30.8 Å². The Hall–Kier alpha value is -0.450. The van der Waals surface area contributed by atoms with Crippen LogP contribution in [0.5, 0.6) is 0 Å². The molecule has 4 heteroatoms. The number of nitrogens with two attached hydrogens (primary N) is 1. The molecule has 0 saturated heterocycles. The molecule has 1 aromatic heterocycles. The standard InChI is InChI=1S/C16H29N3S/c1-4-14-6-5-8-16(11-17,9-7-14)19(3)10-15-13(2)18-12-20-15/h12,14H,4-11,17H2,1-3H3. The molecule has 1 saturated carbocycles. The highest BCUT2D eigenvalue weighted by Crippen LogP contribution is 2.36. The maximum absolute atomic E-state index is 6.21. The second-order valence-corrected chi connectivity index (χ2v) is 7.29. The van der Waals surface area contributed by atoms with Gasteiger partial charge in [-0.05, 0) is 39.2 Å². The Kier molecular flexibility index (Phi) is 5.58. The van der Waals surface area contributed by atoms with Crippen LogP contribution in [-0.2, 0) is 6.54 Å². The molecule has 2 atom stereocenters. The third-order valence-electron chi connectivity index (χ3n) is 5.27. The monoisotopic (exact) mass is 295 g/mol. The number of aromatic nitrogens is 1. The van der Waals surface area contributed by atoms with Crippen LogP contribution in [0.3, 0.4) is 0 Å². The lowest BCUT2D eigenvalue weighted by Gasteiger charge is -2.41. The van der Waals surface area contributed by atoms with Crippen molar-refractivity contribution < 1.29 is 0 Å². The number of thiazole rings is 1. The fourth-order valence-corrected chi connectivity index (χ4v) is 4.30. The maximum atomic E-state index is 6.21. The predicted octanol–water partition coefficient (Wildman–Crippen LogP) is 3.57. The summed E-state index contributed by atoms with van der Waals surface area (Å²) in [5.74, 6) is 0.905. The largest absolute Gasteiger partial charge is 0.329 e. The van der Waals surface area contributed by atoms with Gasteiger partial charge in [-0.2, -0.15) is 0 Å². The summed E-state index contributed by atoms with van der Waals surface area (Å²) >= 11 is 1.77. The highest BCUT2D eigenvalue weighted by atomic mass is 32.1. The molecule has 1 aliphatic rings. The summed E-state index contributed by atoms with van der Waals surface area (Å²) in [5.41, 5.74) is 9.53. The number of rotatable bonds is 5. The third-order valence-corrected chi connectivity index (χ3v) is 6.18. The summed E-state index contributed by atoms with van der Waals surface area (Å²) in [7, 11) is 2.25. The number of aryl methyl sites for hydroxylation is 1. The Balaban J connectivity index is 2.07. The first-order valence-corrected chi connectivity index (χ1v) is 8.79. The molecule has 20 heavy (non-hydrogen) atoms. The molecule has 114 valence electrons. The first-order chi connectivity index (χ1) is 9.61. The molecule has 1 heterocycles. The van der Waals surface area contributed by atoms with Gasteiger partial charge >= 0.3 is 0 Å². The fraction of sp³-hybridized carbons (Fsp3) is 0.812. The topological polar surface area (TPSA) is 42.1 Å². The number of likely N-dealkylation sites (N-methyl/N-ethyl adjacent to an activating group) is 1. The van der Waals surface area contributed by atoms with Gasteiger partial charge in [0.1, 0.15) is 0 Å². The molecule has 0 amide bonds. The number of nitrogens with zero attached hydrogens (tertiary/aromatic N) is 2. The minimum absolute atomic E-state index is 0.195. The van der Waals surface area contributed by atoms with Gasteiger partial charge < -0.3 is 5.73 Å². The molecule has 0 spiro atoms. The normalized spacial score (nSPS) is 27.8. The van der Waals surface area contributed by atoms with Gasteiger partial charge in [0.05, 0.1) is 11.2 Å². The van der Waals surface area contributed by atoms with Crippen LogP contribution >= 0.6 is 11.3 Å². The second kappa shape index (κ2) is 7.01. The lowest BCUT2D eigenvalue weighted by atomic mass is 9.87. The fourth-order valence-electron chi connectivity index (χ4n) is 3.47. The maximum Gasteiger partial charge on any atom is 0.0798 e. The molecule has 0 aromatic carbocycles. The summed E-state index contributed by atoms with van der Waals surface area (Å²) in [6, 6.07) is 0. The molecular weight excluding hydrogens is 266 g/mol. The summed E-state index contributed by atoms with van der Waals surface area (Å²) in [6.45, 7) is 6.20. The van der Waals surface area contributed by atoms with Gasteiger partial charge in [-0.25, -0.2) is 4.98 Å². The highest BCUT2D eigenvalue weighted by molar-refractivity contribution is 7.09. The van der Waals surface area contributed by atoms with Crippen LogP contribution in [0, 0.1) is 12.8 Å². The van der Waals surface area contributed by atoms with Crippen LogP contribution in [0.25, 0.3) is 0 Å². The quantitative estimate of drug-likeness (QED) is 0.844. The van der Waals surface area contributed by atoms with Gasteiger partial charge in [0.15, 0.2) is 0 Å². The average Bonchev–Trinajstić information content (AvgIpc) is 2.75. The molecule has 1 fully saturated rings. The van der Waals surface area contributed by atoms with Gasteiger partial charge in [0.2, 0.25) is 0 Å². The lowest BCUT2D eigenvalue weighted by Crippen LogP contribution is -2.51. The van der Waals surface area contributed by atoms with Crippen LogP contribution in [-0.4, -0.2) is 29.0 Å². The Labute approximate surface area is 127 Å². The van der Waals surface area contributed by atoms with E-state index >= 15 is 0 Å². The van der Waals surface area contributed by atoms with E-state index in [1.165, 1.54) is 49.1 Å². The van der Waals surface area contributed by atoms with Crippen molar-refractivity contribution in [1.29, 1.82) is 0 Å². The van der Waals surface area contributed by atoms with Crippen molar-refractivity contribution in [3.8, 4) is 0 Å². The van der Waals surface area contributed by atoms with E-state index < -0.39 is 0 Å². The van der Waals surface area contributed by atoms with Crippen LogP contribution in [0.1, 0.15) is 56.0 Å². The van der Waals surface area contributed by atoms with E-state index in [1.807, 2.05) is 5.51 Å². The Morgan fingerprint density at radius 1 is 1.45 bits per heavy atom. The van der Waals surface area contributed by atoms with Crippen molar-refractivity contribution >= 4 is 11.3 Å². The van der Waals surface area contributed by atoms with Gasteiger partial charge in [-0.3, -0.25) is 4.90 Å². The minimum atomic E-state index is 0.195. The smallest absolute Gasteiger partial charge is 0.0798 e. The summed E-state index contributed by atoms with van der Waals surface area (Å²) in [5, 5.41) is 0. The van der Waals surface area contributed by atoms with Gasteiger partial charge in [-0.1, -0.05) is 26.2 Å². The second-order valence-electron chi connectivity index (χ2n) is 6.35. The zero-order chi connectivity index (χ0) is 14.6. The first kappa shape index (κ1) is 15.9. The molecule has 2 N–H and O–H groups in total. The Morgan fingerprint density at radius 2 is 2.25 bits per heavy atom. The molecule has 1 aliphatic carbocycles. The van der Waals surface area contributed by atoms with Crippen molar-refractivity contribution in [3.05, 3.63) is 16.1 Å². The SMILES string of the molecule is CCC1CCCC(CN)(N(C)Cc2scnc2C)CC1. The predicted molar refractivity (Wildman–Crippen MR) is 87.0 cm³/mol. The van der Waals surface area contributed by atoms with Crippen molar-refractivity contribution in [2.24, 2.45) is 11.7 Å². The van der Waals surface area contributed by atoms with Crippen LogP contribution < -0.4 is 5.73 Å². The van der Waals surface area contributed by atoms with Gasteiger partial charge in [0, 0.05) is 23.5 Å². The van der Waals surface area contributed by atoms with E-state index in [0.717, 1.165) is 19.0 Å². The Morgan fingerprint density at radius 3 is 2.85 bits per heavy atom. The number of hydrogen-bond acceptors (Lipinski definition) is 4. The average molecular weight is 295 g/mol. The molecule has 0 radical (unpaired) electrons. The van der Waals surface area contributed by atoms with E-state index in [4.69, 9.17) is 5.73 Å². The van der Waals surface area contributed by atoms with E-state index in [9.17, 15) is 0 Å². The van der Waals surface area contributed by atoms with Gasteiger partial charge in [-0.15, -0.1) is 11.3 Å². The third kappa shape index (κ3) is 3.41. The Bertz CT molecular complexity index is 418. The first-order valence-electron chi connectivity index (χ1n) is 7.91. The summed E-state index contributed by atoms with van der Waals surface area (Å²) in [6.07, 6.45) is 7.84. The molecular formula is C16H29N3S. The van der Waals surface area contributed by atoms with Crippen LogP contribution in [0.4, 0.5) is 0 Å². The van der Waals surface area contributed by atoms with Crippen molar-refractivity contribution in [1.82, 2.24) is 9.88 Å². The van der Waals surface area contributed by atoms with E-state index in [1.54, 1.807) is 11.3 Å². The number of hydrogen-bond donors (Lipinski definition) is 1. The van der Waals surface area contributed by atoms with Crippen molar-refractivity contribution in [2.75, 3.05) is 13.6 Å². The van der Waals surface area contributed by atoms with E-state index in [0.29, 0.717) is 0 Å². The molecule has 1 aromatic rings. The van der Waals surface area contributed by atoms with Crippen molar-refractivity contribution in [3.63, 3.8) is 0 Å². The molecule has 0 bridgehead atoms. The minimum Gasteiger partial charge on any atom is -0.329 e. The van der Waals surface area contributed by atoms with Crippen LogP contribution in [0.2, 0.25) is 0 Å². The highest BCUT2D eigenvalue weighted by Gasteiger charge is 2.35. The zero-order valence-corrected chi connectivity index (χ0v) is 14.0. The summed E-state index contributed by atoms with van der Waals surface area (Å²) < 4.78 is 0. The molecule has 0 aliphatic heterocycles. The lowest BCUT2D eigenvalue weighted by molar-refractivity contribution is 0.0992. The molecule has 3 nitrogen and oxygen atoms in total. The van der Waals surface area contributed by atoms with Gasteiger partial charge in [0.25, 0.3) is 0 Å². The van der Waals surface area contributed by atoms with Crippen LogP contribution in [0.15, 0.2) is 5.51 Å². The zero-order valence-electron chi connectivity index (χ0n) is 13.2. The molecule has 2 unspecified atom stereocenters. The van der Waals surface area contributed by atoms with E-state index in [-0.39, 0.29) is 5.54 Å². The molecule has 2 rings (SSSR count). The van der Waals surface area contributed by atoms with Crippen molar-refractivity contribution in [2.45, 2.75) is 64.5 Å². The summed E-state index contributed by atoms with van der Waals surface area (Å²) in [4.78, 5) is 8.26.